The van der Waals surface area contributed by atoms with E-state index in [2.05, 4.69) is 15.7 Å². The Kier molecular flexibility index (Phi) is 8.61. The van der Waals surface area contributed by atoms with Crippen LogP contribution in [0.25, 0.3) is 0 Å². The van der Waals surface area contributed by atoms with E-state index in [9.17, 15) is 4.79 Å². The molecule has 0 aliphatic heterocycles. The molecule has 0 saturated heterocycles. The Labute approximate surface area is 85.9 Å². The van der Waals surface area contributed by atoms with Gasteiger partial charge in [-0.05, 0) is 12.8 Å². The van der Waals surface area contributed by atoms with Crippen LogP contribution in [-0.2, 0) is 9.78 Å². The van der Waals surface area contributed by atoms with E-state index in [0.717, 1.165) is 25.7 Å². The molecule has 0 aliphatic rings. The van der Waals surface area contributed by atoms with Gasteiger partial charge in [0, 0.05) is 6.42 Å². The van der Waals surface area contributed by atoms with Crippen LogP contribution in [0.1, 0.15) is 25.7 Å². The van der Waals surface area contributed by atoms with E-state index in [4.69, 9.17) is 6.42 Å². The Balaban J connectivity index is 2.92. The van der Waals surface area contributed by atoms with E-state index in [1.165, 1.54) is 22.6 Å². The monoisotopic (exact) mass is 282 g/mol. The molecule has 0 N–H and O–H groups in total. The van der Waals surface area contributed by atoms with Crippen molar-refractivity contribution in [1.29, 1.82) is 0 Å². The van der Waals surface area contributed by atoms with E-state index < -0.39 is 3.98 Å². The van der Waals surface area contributed by atoms with Crippen LogP contribution in [0.15, 0.2) is 0 Å². The highest BCUT2D eigenvalue weighted by atomic mass is 127. The van der Waals surface area contributed by atoms with Gasteiger partial charge in [-0.1, -0.05) is 6.42 Å². The van der Waals surface area contributed by atoms with Crippen LogP contribution in [0.5, 0.6) is 0 Å². The van der Waals surface area contributed by atoms with Crippen molar-refractivity contribution in [1.82, 2.24) is 0 Å². The van der Waals surface area contributed by atoms with E-state index in [1.807, 2.05) is 0 Å². The lowest BCUT2D eigenvalue weighted by molar-refractivity contribution is -0.229. The van der Waals surface area contributed by atoms with Gasteiger partial charge in [0.1, 0.15) is 0 Å². The number of carbonyl (C=O) groups excluding carboxylic acids is 1. The number of hydrogen-bond donors (Lipinski definition) is 0. The van der Waals surface area contributed by atoms with Gasteiger partial charge in [-0.15, -0.1) is 12.3 Å². The Bertz CT molecular complexity index is 162. The van der Waals surface area contributed by atoms with Crippen molar-refractivity contribution in [2.24, 2.45) is 0 Å². The molecule has 0 radical (unpaired) electrons. The number of halogens is 1. The zero-order valence-electron chi connectivity index (χ0n) is 6.72. The van der Waals surface area contributed by atoms with E-state index >= 15 is 0 Å². The summed E-state index contributed by atoms with van der Waals surface area (Å²) >= 11 is 1.50. The average molecular weight is 282 g/mol. The molecule has 0 amide bonds. The van der Waals surface area contributed by atoms with Crippen LogP contribution in [0.2, 0.25) is 0 Å². The molecule has 0 aromatic rings. The first kappa shape index (κ1) is 11.7. The molecule has 0 saturated carbocycles. The summed E-state index contributed by atoms with van der Waals surface area (Å²) in [5.74, 6) is 2.55. The summed E-state index contributed by atoms with van der Waals surface area (Å²) in [7, 11) is 0. The Morgan fingerprint density at radius 2 is 2.17 bits per heavy atom. The maximum Gasteiger partial charge on any atom is 0.400 e. The van der Waals surface area contributed by atoms with Crippen LogP contribution in [-0.4, -0.2) is 10.6 Å². The van der Waals surface area contributed by atoms with Crippen LogP contribution >= 0.6 is 22.6 Å². The van der Waals surface area contributed by atoms with Gasteiger partial charge in [-0.2, -0.15) is 4.89 Å². The largest absolute Gasteiger partial charge is 0.400 e. The minimum absolute atomic E-state index is 0.444. The van der Waals surface area contributed by atoms with E-state index in [-0.39, 0.29) is 0 Å². The van der Waals surface area contributed by atoms with Crippen LogP contribution < -0.4 is 0 Å². The van der Waals surface area contributed by atoms with E-state index in [0.29, 0.717) is 6.61 Å². The van der Waals surface area contributed by atoms with Gasteiger partial charge in [-0.25, -0.2) is 4.79 Å². The second-order valence-corrected chi connectivity index (χ2v) is 3.04. The van der Waals surface area contributed by atoms with Gasteiger partial charge in [0.2, 0.25) is 0 Å². The summed E-state index contributed by atoms with van der Waals surface area (Å²) in [6.07, 6.45) is 8.72. The summed E-state index contributed by atoms with van der Waals surface area (Å²) in [6, 6.07) is 0. The zero-order valence-corrected chi connectivity index (χ0v) is 8.87. The van der Waals surface area contributed by atoms with Gasteiger partial charge < -0.3 is 0 Å². The molecule has 12 heavy (non-hydrogen) atoms. The number of unbranched alkanes of at least 4 members (excludes halogenated alkanes) is 3. The third-order valence-electron chi connectivity index (χ3n) is 1.17. The van der Waals surface area contributed by atoms with Crippen molar-refractivity contribution in [3.63, 3.8) is 0 Å². The SMILES string of the molecule is C#CCCCCCOOC(=O)I. The minimum Gasteiger partial charge on any atom is -0.287 e. The lowest BCUT2D eigenvalue weighted by Gasteiger charge is -1.98. The fourth-order valence-corrected chi connectivity index (χ4v) is 0.780. The van der Waals surface area contributed by atoms with Crippen molar-refractivity contribution in [2.75, 3.05) is 6.61 Å². The normalized spacial score (nSPS) is 9.00. The number of rotatable bonds is 6. The molecule has 0 aliphatic carbocycles. The smallest absolute Gasteiger partial charge is 0.287 e. The third kappa shape index (κ3) is 9.72. The first-order valence-corrected chi connectivity index (χ1v) is 4.77. The van der Waals surface area contributed by atoms with Gasteiger partial charge >= 0.3 is 3.98 Å². The summed E-state index contributed by atoms with van der Waals surface area (Å²) < 4.78 is -0.448. The van der Waals surface area contributed by atoms with Crippen molar-refractivity contribution in [2.45, 2.75) is 25.7 Å². The lowest BCUT2D eigenvalue weighted by atomic mass is 10.2. The molecular formula is C8H11IO3. The molecule has 0 rings (SSSR count). The fourth-order valence-electron chi connectivity index (χ4n) is 0.653. The molecule has 68 valence electrons. The highest BCUT2D eigenvalue weighted by Crippen LogP contribution is 2.00. The molecule has 0 aromatic carbocycles. The second kappa shape index (κ2) is 8.81. The number of terminal acetylenes is 1. The Morgan fingerprint density at radius 1 is 1.42 bits per heavy atom. The van der Waals surface area contributed by atoms with Crippen LogP contribution in [0.3, 0.4) is 0 Å². The van der Waals surface area contributed by atoms with Gasteiger partial charge in [-0.3, -0.25) is 4.89 Å². The Morgan fingerprint density at radius 3 is 2.75 bits per heavy atom. The van der Waals surface area contributed by atoms with Gasteiger partial charge in [0.05, 0.1) is 29.2 Å². The molecule has 0 bridgehead atoms. The molecule has 0 atom stereocenters. The molecule has 3 nitrogen and oxygen atoms in total. The Hall–Kier alpha value is -0.280. The molecule has 4 heteroatoms. The maximum atomic E-state index is 10.2. The van der Waals surface area contributed by atoms with Crippen molar-refractivity contribution >= 4 is 26.6 Å². The van der Waals surface area contributed by atoms with Crippen molar-refractivity contribution in [3.8, 4) is 12.3 Å². The van der Waals surface area contributed by atoms with Gasteiger partial charge in [0.15, 0.2) is 0 Å². The van der Waals surface area contributed by atoms with E-state index in [1.54, 1.807) is 0 Å². The molecule has 0 fully saturated rings. The molecule has 0 heterocycles. The van der Waals surface area contributed by atoms with Crippen molar-refractivity contribution < 1.29 is 14.6 Å². The predicted octanol–water partition coefficient (Wildman–Crippen LogP) is 2.68. The zero-order chi connectivity index (χ0) is 9.23. The maximum absolute atomic E-state index is 10.2. The summed E-state index contributed by atoms with van der Waals surface area (Å²) in [5.41, 5.74) is 0. The molecule has 0 spiro atoms. The third-order valence-corrected chi connectivity index (χ3v) is 1.35. The molecule has 0 unspecified atom stereocenters. The van der Waals surface area contributed by atoms with Crippen LogP contribution in [0.4, 0.5) is 4.79 Å². The summed E-state index contributed by atoms with van der Waals surface area (Å²) in [5, 5.41) is 0. The minimum atomic E-state index is -0.448. The number of carbonyl (C=O) groups is 1. The number of hydrogen-bond acceptors (Lipinski definition) is 3. The summed E-state index contributed by atoms with van der Waals surface area (Å²) in [6.45, 7) is 0.444. The first-order chi connectivity index (χ1) is 5.77. The second-order valence-electron chi connectivity index (χ2n) is 2.16. The van der Waals surface area contributed by atoms with Gasteiger partial charge in [0.25, 0.3) is 0 Å². The summed E-state index contributed by atoms with van der Waals surface area (Å²) in [4.78, 5) is 19.0. The standard InChI is InChI=1S/C8H11IO3/c1-2-3-4-5-6-7-11-12-8(9)10/h1H,3-7H2. The average Bonchev–Trinajstić information content (AvgIpc) is 2.02. The van der Waals surface area contributed by atoms with Crippen molar-refractivity contribution in [3.05, 3.63) is 0 Å². The van der Waals surface area contributed by atoms with Crippen LogP contribution in [0, 0.1) is 12.3 Å². The molecular weight excluding hydrogens is 271 g/mol. The predicted molar refractivity (Wildman–Crippen MR) is 53.8 cm³/mol. The highest BCUT2D eigenvalue weighted by Gasteiger charge is 1.94. The highest BCUT2D eigenvalue weighted by molar-refractivity contribution is 14.1. The fraction of sp³-hybridized carbons (Fsp3) is 0.625. The lowest BCUT2D eigenvalue weighted by Crippen LogP contribution is -1.97. The topological polar surface area (TPSA) is 35.5 Å². The molecule has 0 aromatic heterocycles. The quantitative estimate of drug-likeness (QED) is 0.188. The first-order valence-electron chi connectivity index (χ1n) is 3.69.